The van der Waals surface area contributed by atoms with Crippen LogP contribution < -0.4 is 5.73 Å². The van der Waals surface area contributed by atoms with Crippen molar-refractivity contribution in [1.29, 1.82) is 0 Å². The number of carbonyl (C=O) groups excluding carboxylic acids is 1. The summed E-state index contributed by atoms with van der Waals surface area (Å²) >= 11 is 0. The molecule has 2 N–H and O–H groups in total. The standard InChI is InChI=1S/C15H30N4O/c1-15(2,3)19-10-8-18(9-11-19)14(20)12-17-6-4-13(16)5-7-17/h13H,4-12,16H2,1-3H3. The summed E-state index contributed by atoms with van der Waals surface area (Å²) in [5.41, 5.74) is 6.11. The van der Waals surface area contributed by atoms with Crippen molar-refractivity contribution in [1.82, 2.24) is 14.7 Å². The summed E-state index contributed by atoms with van der Waals surface area (Å²) in [6.07, 6.45) is 2.04. The van der Waals surface area contributed by atoms with Crippen LogP contribution in [-0.4, -0.2) is 78.0 Å². The van der Waals surface area contributed by atoms with Gasteiger partial charge in [-0.05, 0) is 33.6 Å². The highest BCUT2D eigenvalue weighted by molar-refractivity contribution is 5.78. The Kier molecular flexibility index (Phi) is 5.04. The van der Waals surface area contributed by atoms with Crippen LogP contribution in [0.1, 0.15) is 33.6 Å². The van der Waals surface area contributed by atoms with E-state index in [1.165, 1.54) is 0 Å². The molecule has 0 radical (unpaired) electrons. The van der Waals surface area contributed by atoms with E-state index in [1.54, 1.807) is 0 Å². The second-order valence-electron chi connectivity index (χ2n) is 7.15. The predicted octanol–water partition coefficient (Wildman–Crippen LogP) is 0.352. The number of hydrogen-bond donors (Lipinski definition) is 1. The van der Waals surface area contributed by atoms with Crippen molar-refractivity contribution < 1.29 is 4.79 Å². The zero-order valence-electron chi connectivity index (χ0n) is 13.3. The van der Waals surface area contributed by atoms with Crippen LogP contribution in [0.3, 0.4) is 0 Å². The van der Waals surface area contributed by atoms with E-state index in [-0.39, 0.29) is 11.4 Å². The zero-order valence-corrected chi connectivity index (χ0v) is 13.3. The molecule has 2 aliphatic heterocycles. The molecule has 116 valence electrons. The van der Waals surface area contributed by atoms with Crippen LogP contribution in [0.25, 0.3) is 0 Å². The number of likely N-dealkylation sites (tertiary alicyclic amines) is 1. The molecule has 5 heteroatoms. The molecule has 0 aromatic heterocycles. The first kappa shape index (κ1) is 15.7. The van der Waals surface area contributed by atoms with Gasteiger partial charge in [0.15, 0.2) is 0 Å². The third-order valence-electron chi connectivity index (χ3n) is 4.57. The number of nitrogens with two attached hydrogens (primary N) is 1. The molecule has 0 spiro atoms. The summed E-state index contributed by atoms with van der Waals surface area (Å²) < 4.78 is 0. The molecule has 0 unspecified atom stereocenters. The molecule has 2 rings (SSSR count). The highest BCUT2D eigenvalue weighted by Gasteiger charge is 2.28. The molecule has 0 saturated carbocycles. The van der Waals surface area contributed by atoms with Crippen LogP contribution in [0.15, 0.2) is 0 Å². The molecular weight excluding hydrogens is 252 g/mol. The minimum absolute atomic E-state index is 0.206. The van der Waals surface area contributed by atoms with Crippen LogP contribution >= 0.6 is 0 Å². The average molecular weight is 282 g/mol. The number of carbonyl (C=O) groups is 1. The van der Waals surface area contributed by atoms with E-state index < -0.39 is 0 Å². The Hall–Kier alpha value is -0.650. The van der Waals surface area contributed by atoms with E-state index in [2.05, 4.69) is 30.6 Å². The number of nitrogens with zero attached hydrogens (tertiary/aromatic N) is 3. The van der Waals surface area contributed by atoms with Gasteiger partial charge in [-0.3, -0.25) is 14.6 Å². The highest BCUT2D eigenvalue weighted by Crippen LogP contribution is 2.16. The van der Waals surface area contributed by atoms with Crippen molar-refractivity contribution in [2.75, 3.05) is 45.8 Å². The summed E-state index contributed by atoms with van der Waals surface area (Å²) in [5, 5.41) is 0. The van der Waals surface area contributed by atoms with Gasteiger partial charge in [-0.1, -0.05) is 0 Å². The summed E-state index contributed by atoms with van der Waals surface area (Å²) in [4.78, 5) is 19.1. The van der Waals surface area contributed by atoms with Crippen LogP contribution in [-0.2, 0) is 4.79 Å². The van der Waals surface area contributed by atoms with Gasteiger partial charge in [0.25, 0.3) is 0 Å². The normalized spacial score (nSPS) is 24.1. The number of rotatable bonds is 2. The molecule has 20 heavy (non-hydrogen) atoms. The highest BCUT2D eigenvalue weighted by atomic mass is 16.2. The molecule has 0 aromatic carbocycles. The first-order valence-electron chi connectivity index (χ1n) is 7.87. The van der Waals surface area contributed by atoms with Crippen LogP contribution in [0, 0.1) is 0 Å². The second-order valence-corrected chi connectivity index (χ2v) is 7.15. The Morgan fingerprint density at radius 2 is 1.60 bits per heavy atom. The van der Waals surface area contributed by atoms with Crippen molar-refractivity contribution >= 4 is 5.91 Å². The Bertz CT molecular complexity index is 323. The molecule has 0 bridgehead atoms. The Morgan fingerprint density at radius 1 is 1.05 bits per heavy atom. The van der Waals surface area contributed by atoms with Crippen molar-refractivity contribution in [3.05, 3.63) is 0 Å². The fraction of sp³-hybridized carbons (Fsp3) is 0.933. The molecule has 2 fully saturated rings. The van der Waals surface area contributed by atoms with Gasteiger partial charge in [-0.25, -0.2) is 0 Å². The van der Waals surface area contributed by atoms with Gasteiger partial charge < -0.3 is 10.6 Å². The first-order chi connectivity index (χ1) is 9.36. The minimum atomic E-state index is 0.206. The quantitative estimate of drug-likeness (QED) is 0.794. The van der Waals surface area contributed by atoms with Crippen molar-refractivity contribution in [2.45, 2.75) is 45.2 Å². The van der Waals surface area contributed by atoms with Crippen molar-refractivity contribution in [3.8, 4) is 0 Å². The van der Waals surface area contributed by atoms with E-state index in [4.69, 9.17) is 5.73 Å². The SMILES string of the molecule is CC(C)(C)N1CCN(C(=O)CN2CCC(N)CC2)CC1. The summed E-state index contributed by atoms with van der Waals surface area (Å²) in [6, 6.07) is 0.330. The number of piperidine rings is 1. The lowest BCUT2D eigenvalue weighted by Gasteiger charge is -2.42. The topological polar surface area (TPSA) is 52.8 Å². The molecule has 2 saturated heterocycles. The van der Waals surface area contributed by atoms with Gasteiger partial charge in [0, 0.05) is 50.8 Å². The predicted molar refractivity (Wildman–Crippen MR) is 81.6 cm³/mol. The van der Waals surface area contributed by atoms with E-state index in [0.29, 0.717) is 12.6 Å². The molecule has 5 nitrogen and oxygen atoms in total. The Balaban J connectivity index is 1.75. The van der Waals surface area contributed by atoms with Crippen molar-refractivity contribution in [2.24, 2.45) is 5.73 Å². The molecule has 0 aliphatic carbocycles. The van der Waals surface area contributed by atoms with E-state index in [1.807, 2.05) is 4.90 Å². The van der Waals surface area contributed by atoms with E-state index in [9.17, 15) is 4.79 Å². The first-order valence-corrected chi connectivity index (χ1v) is 7.87. The number of piperazine rings is 1. The van der Waals surface area contributed by atoms with Gasteiger partial charge >= 0.3 is 0 Å². The van der Waals surface area contributed by atoms with Gasteiger partial charge in [0.2, 0.25) is 5.91 Å². The van der Waals surface area contributed by atoms with Gasteiger partial charge in [0.05, 0.1) is 6.54 Å². The molecule has 0 atom stereocenters. The fourth-order valence-corrected chi connectivity index (χ4v) is 3.03. The number of hydrogen-bond acceptors (Lipinski definition) is 4. The maximum atomic E-state index is 12.3. The molecule has 0 aromatic rings. The smallest absolute Gasteiger partial charge is 0.236 e. The third kappa shape index (κ3) is 4.17. The molecular formula is C15H30N4O. The van der Waals surface area contributed by atoms with Crippen LogP contribution in [0.5, 0.6) is 0 Å². The van der Waals surface area contributed by atoms with E-state index in [0.717, 1.165) is 52.1 Å². The third-order valence-corrected chi connectivity index (χ3v) is 4.57. The summed E-state index contributed by atoms with van der Waals surface area (Å²) in [6.45, 7) is 12.9. The lowest BCUT2D eigenvalue weighted by Crippen LogP contribution is -2.56. The van der Waals surface area contributed by atoms with Crippen LogP contribution in [0.4, 0.5) is 0 Å². The number of amides is 1. The molecule has 1 amide bonds. The lowest BCUT2D eigenvalue weighted by molar-refractivity contribution is -0.135. The average Bonchev–Trinajstić information content (AvgIpc) is 2.40. The monoisotopic (exact) mass is 282 g/mol. The van der Waals surface area contributed by atoms with Crippen molar-refractivity contribution in [3.63, 3.8) is 0 Å². The molecule has 2 heterocycles. The van der Waals surface area contributed by atoms with Gasteiger partial charge in [-0.2, -0.15) is 0 Å². The molecule has 2 aliphatic rings. The Labute approximate surface area is 123 Å². The van der Waals surface area contributed by atoms with Gasteiger partial charge in [-0.15, -0.1) is 0 Å². The maximum Gasteiger partial charge on any atom is 0.236 e. The van der Waals surface area contributed by atoms with Gasteiger partial charge in [0.1, 0.15) is 0 Å². The fourth-order valence-electron chi connectivity index (χ4n) is 3.03. The second kappa shape index (κ2) is 6.41. The summed E-state index contributed by atoms with van der Waals surface area (Å²) in [5.74, 6) is 0.286. The minimum Gasteiger partial charge on any atom is -0.339 e. The largest absolute Gasteiger partial charge is 0.339 e. The zero-order chi connectivity index (χ0) is 14.8. The maximum absolute atomic E-state index is 12.3. The lowest BCUT2D eigenvalue weighted by atomic mass is 10.0. The Morgan fingerprint density at radius 3 is 2.10 bits per heavy atom. The van der Waals surface area contributed by atoms with Crippen LogP contribution in [0.2, 0.25) is 0 Å². The van der Waals surface area contributed by atoms with E-state index >= 15 is 0 Å². The summed E-state index contributed by atoms with van der Waals surface area (Å²) in [7, 11) is 0.